The molecule has 0 bridgehead atoms. The Morgan fingerprint density at radius 2 is 2.22 bits per heavy atom. The molecule has 27 heavy (non-hydrogen) atoms. The standard InChI is InChI=1S/C20H25F2N3O2/c1-14-4-2-3-10-25(14)11-9-23-19(26)7-8-20-24-13-18(27-20)16-6-5-15(21)12-17(16)22/h5-6,12-14H,2-4,7-11H2,1H3,(H,23,26). The Morgan fingerprint density at radius 1 is 1.37 bits per heavy atom. The van der Waals surface area contributed by atoms with E-state index in [0.717, 1.165) is 25.2 Å². The predicted molar refractivity (Wildman–Crippen MR) is 98.1 cm³/mol. The largest absolute Gasteiger partial charge is 0.441 e. The van der Waals surface area contributed by atoms with Crippen molar-refractivity contribution < 1.29 is 18.0 Å². The van der Waals surface area contributed by atoms with Crippen molar-refractivity contribution in [2.75, 3.05) is 19.6 Å². The first-order chi connectivity index (χ1) is 13.0. The van der Waals surface area contributed by atoms with Crippen LogP contribution in [0, 0.1) is 11.6 Å². The SMILES string of the molecule is CC1CCCCN1CCNC(=O)CCc1ncc(-c2ccc(F)cc2F)o1. The van der Waals surface area contributed by atoms with Gasteiger partial charge in [-0.3, -0.25) is 9.69 Å². The number of carbonyl (C=O) groups is 1. The van der Waals surface area contributed by atoms with E-state index in [1.807, 2.05) is 0 Å². The third-order valence-electron chi connectivity index (χ3n) is 4.98. The van der Waals surface area contributed by atoms with Crippen molar-refractivity contribution in [3.63, 3.8) is 0 Å². The van der Waals surface area contributed by atoms with Gasteiger partial charge in [0, 0.05) is 38.0 Å². The molecule has 1 atom stereocenters. The van der Waals surface area contributed by atoms with Gasteiger partial charge >= 0.3 is 0 Å². The highest BCUT2D eigenvalue weighted by molar-refractivity contribution is 5.76. The third kappa shape index (κ3) is 5.35. The first-order valence-electron chi connectivity index (χ1n) is 9.44. The highest BCUT2D eigenvalue weighted by Crippen LogP contribution is 2.24. The van der Waals surface area contributed by atoms with Gasteiger partial charge in [0.15, 0.2) is 11.7 Å². The molecule has 1 unspecified atom stereocenters. The van der Waals surface area contributed by atoms with Crippen LogP contribution in [-0.4, -0.2) is 41.5 Å². The number of aryl methyl sites for hydroxylation is 1. The Labute approximate surface area is 157 Å². The summed E-state index contributed by atoms with van der Waals surface area (Å²) in [5.41, 5.74) is 0.148. The van der Waals surface area contributed by atoms with Gasteiger partial charge in [0.25, 0.3) is 0 Å². The number of rotatable bonds is 7. The van der Waals surface area contributed by atoms with Gasteiger partial charge in [-0.25, -0.2) is 13.8 Å². The fraction of sp³-hybridized carbons (Fsp3) is 0.500. The van der Waals surface area contributed by atoms with Crippen molar-refractivity contribution in [2.45, 2.75) is 45.1 Å². The topological polar surface area (TPSA) is 58.4 Å². The number of amides is 1. The van der Waals surface area contributed by atoms with Gasteiger partial charge in [-0.15, -0.1) is 0 Å². The molecule has 1 aromatic heterocycles. The molecule has 1 saturated heterocycles. The molecule has 1 aliphatic rings. The first kappa shape index (κ1) is 19.5. The van der Waals surface area contributed by atoms with Crippen LogP contribution < -0.4 is 5.32 Å². The molecule has 1 fully saturated rings. The van der Waals surface area contributed by atoms with Crippen molar-refractivity contribution in [1.82, 2.24) is 15.2 Å². The number of benzene rings is 1. The number of halogens is 2. The zero-order valence-corrected chi connectivity index (χ0v) is 15.5. The van der Waals surface area contributed by atoms with Crippen LogP contribution in [0.25, 0.3) is 11.3 Å². The molecule has 5 nitrogen and oxygen atoms in total. The van der Waals surface area contributed by atoms with Crippen LogP contribution in [0.1, 0.15) is 38.5 Å². The lowest BCUT2D eigenvalue weighted by molar-refractivity contribution is -0.121. The van der Waals surface area contributed by atoms with Crippen LogP contribution in [0.5, 0.6) is 0 Å². The Morgan fingerprint density at radius 3 is 3.00 bits per heavy atom. The zero-order chi connectivity index (χ0) is 19.2. The maximum Gasteiger partial charge on any atom is 0.220 e. The second-order valence-electron chi connectivity index (χ2n) is 6.97. The molecule has 2 aromatic rings. The fourth-order valence-electron chi connectivity index (χ4n) is 3.38. The molecule has 0 radical (unpaired) electrons. The number of aromatic nitrogens is 1. The predicted octanol–water partition coefficient (Wildman–Crippen LogP) is 3.54. The van der Waals surface area contributed by atoms with Crippen LogP contribution in [0.2, 0.25) is 0 Å². The molecule has 0 spiro atoms. The number of piperidine rings is 1. The van der Waals surface area contributed by atoms with E-state index in [4.69, 9.17) is 4.42 Å². The van der Waals surface area contributed by atoms with Gasteiger partial charge in [0.2, 0.25) is 5.91 Å². The zero-order valence-electron chi connectivity index (χ0n) is 15.5. The summed E-state index contributed by atoms with van der Waals surface area (Å²) < 4.78 is 32.3. The Bertz CT molecular complexity index is 778. The Hall–Kier alpha value is -2.28. The number of carbonyl (C=O) groups excluding carboxylic acids is 1. The second kappa shape index (κ2) is 9.08. The van der Waals surface area contributed by atoms with Gasteiger partial charge in [-0.05, 0) is 38.4 Å². The summed E-state index contributed by atoms with van der Waals surface area (Å²) in [5, 5.41) is 2.92. The average Bonchev–Trinajstić information content (AvgIpc) is 3.10. The highest BCUT2D eigenvalue weighted by atomic mass is 19.1. The molecular weight excluding hydrogens is 352 g/mol. The van der Waals surface area contributed by atoms with Crippen molar-refractivity contribution in [3.05, 3.63) is 41.9 Å². The fourth-order valence-corrected chi connectivity index (χ4v) is 3.38. The molecule has 0 saturated carbocycles. The van der Waals surface area contributed by atoms with Gasteiger partial charge < -0.3 is 9.73 Å². The maximum atomic E-state index is 13.8. The van der Waals surface area contributed by atoms with E-state index >= 15 is 0 Å². The summed E-state index contributed by atoms with van der Waals surface area (Å²) in [6.07, 6.45) is 5.69. The van der Waals surface area contributed by atoms with E-state index in [-0.39, 0.29) is 23.7 Å². The number of nitrogens with one attached hydrogen (secondary N) is 1. The first-order valence-corrected chi connectivity index (χ1v) is 9.44. The molecule has 3 rings (SSSR count). The molecular formula is C20H25F2N3O2. The molecule has 1 aliphatic heterocycles. The van der Waals surface area contributed by atoms with Crippen molar-refractivity contribution in [1.29, 1.82) is 0 Å². The summed E-state index contributed by atoms with van der Waals surface area (Å²) >= 11 is 0. The van der Waals surface area contributed by atoms with Crippen molar-refractivity contribution >= 4 is 5.91 Å². The number of hydrogen-bond donors (Lipinski definition) is 1. The molecule has 2 heterocycles. The van der Waals surface area contributed by atoms with Gasteiger partial charge in [0.05, 0.1) is 11.8 Å². The van der Waals surface area contributed by atoms with E-state index in [9.17, 15) is 13.6 Å². The minimum Gasteiger partial charge on any atom is -0.441 e. The number of oxazole rings is 1. The van der Waals surface area contributed by atoms with E-state index in [0.29, 0.717) is 24.9 Å². The second-order valence-corrected chi connectivity index (χ2v) is 6.97. The number of nitrogens with zero attached hydrogens (tertiary/aromatic N) is 2. The van der Waals surface area contributed by atoms with Gasteiger partial charge in [0.1, 0.15) is 11.6 Å². The quantitative estimate of drug-likeness (QED) is 0.802. The lowest BCUT2D eigenvalue weighted by atomic mass is 10.0. The monoisotopic (exact) mass is 377 g/mol. The lowest BCUT2D eigenvalue weighted by Gasteiger charge is -2.33. The molecule has 0 aliphatic carbocycles. The van der Waals surface area contributed by atoms with Crippen LogP contribution >= 0.6 is 0 Å². The summed E-state index contributed by atoms with van der Waals surface area (Å²) in [4.78, 5) is 18.5. The molecule has 146 valence electrons. The van der Waals surface area contributed by atoms with Crippen LogP contribution in [0.15, 0.2) is 28.8 Å². The number of hydrogen-bond acceptors (Lipinski definition) is 4. The molecule has 1 amide bonds. The minimum absolute atomic E-state index is 0.0626. The van der Waals surface area contributed by atoms with Crippen LogP contribution in [0.4, 0.5) is 8.78 Å². The molecule has 7 heteroatoms. The minimum atomic E-state index is -0.706. The summed E-state index contributed by atoms with van der Waals surface area (Å²) in [7, 11) is 0. The average molecular weight is 377 g/mol. The molecule has 1 aromatic carbocycles. The van der Waals surface area contributed by atoms with E-state index < -0.39 is 11.6 Å². The van der Waals surface area contributed by atoms with Crippen LogP contribution in [-0.2, 0) is 11.2 Å². The molecule has 1 N–H and O–H groups in total. The van der Waals surface area contributed by atoms with Crippen molar-refractivity contribution in [3.8, 4) is 11.3 Å². The summed E-state index contributed by atoms with van der Waals surface area (Å²) in [5.74, 6) is -0.836. The normalized spacial score (nSPS) is 17.8. The Kier molecular flexibility index (Phi) is 6.55. The van der Waals surface area contributed by atoms with Crippen molar-refractivity contribution in [2.24, 2.45) is 0 Å². The maximum absolute atomic E-state index is 13.8. The highest BCUT2D eigenvalue weighted by Gasteiger charge is 2.18. The Balaban J connectivity index is 1.43. The van der Waals surface area contributed by atoms with Crippen LogP contribution in [0.3, 0.4) is 0 Å². The summed E-state index contributed by atoms with van der Waals surface area (Å²) in [6, 6.07) is 3.85. The van der Waals surface area contributed by atoms with E-state index in [2.05, 4.69) is 22.1 Å². The van der Waals surface area contributed by atoms with Gasteiger partial charge in [-0.2, -0.15) is 0 Å². The lowest BCUT2D eigenvalue weighted by Crippen LogP contribution is -2.42. The summed E-state index contributed by atoms with van der Waals surface area (Å²) in [6.45, 7) is 4.81. The smallest absolute Gasteiger partial charge is 0.220 e. The third-order valence-corrected chi connectivity index (χ3v) is 4.98. The van der Waals surface area contributed by atoms with E-state index in [1.54, 1.807) is 0 Å². The van der Waals surface area contributed by atoms with Gasteiger partial charge in [-0.1, -0.05) is 6.42 Å². The number of likely N-dealkylation sites (tertiary alicyclic amines) is 1. The van der Waals surface area contributed by atoms with E-state index in [1.165, 1.54) is 31.5 Å².